The lowest BCUT2D eigenvalue weighted by molar-refractivity contribution is -0.419. The molecule has 0 radical (unpaired) electrons. The molecule has 0 aliphatic carbocycles. The van der Waals surface area contributed by atoms with Crippen LogP contribution in [-0.4, -0.2) is 35.9 Å². The predicted octanol–water partition coefficient (Wildman–Crippen LogP) is 2.19. The van der Waals surface area contributed by atoms with Crippen LogP contribution < -0.4 is 0 Å². The lowest BCUT2D eigenvalue weighted by Crippen LogP contribution is -2.53. The summed E-state index contributed by atoms with van der Waals surface area (Å²) in [4.78, 5) is 22.8. The molecular weight excluding hydrogens is 342 g/mol. The van der Waals surface area contributed by atoms with Crippen molar-refractivity contribution in [2.24, 2.45) is 5.16 Å². The van der Waals surface area contributed by atoms with Crippen LogP contribution in [0, 0.1) is 0 Å². The normalized spacial score (nSPS) is 28.8. The molecule has 8 nitrogen and oxygen atoms in total. The maximum Gasteiger partial charge on any atom is 0.343 e. The van der Waals surface area contributed by atoms with Crippen LogP contribution in [0.25, 0.3) is 0 Å². The lowest BCUT2D eigenvalue weighted by atomic mass is 10.1. The fourth-order valence-electron chi connectivity index (χ4n) is 2.70. The molecule has 4 rings (SSSR count). The van der Waals surface area contributed by atoms with Gasteiger partial charge in [-0.2, -0.15) is 9.78 Å². The summed E-state index contributed by atoms with van der Waals surface area (Å²) >= 11 is 0. The number of ether oxygens (including phenoxy) is 3. The minimum absolute atomic E-state index is 0.0117. The zero-order valence-electron chi connectivity index (χ0n) is 13.5. The number of carbonyl (C=O) groups is 1. The molecule has 0 spiro atoms. The molecule has 2 aliphatic rings. The van der Waals surface area contributed by atoms with Crippen molar-refractivity contribution in [1.29, 1.82) is 0 Å². The average Bonchev–Trinajstić information content (AvgIpc) is 3.02. The number of oxime groups is 1. The van der Waals surface area contributed by atoms with Gasteiger partial charge in [-0.25, -0.2) is 4.79 Å². The van der Waals surface area contributed by atoms with Gasteiger partial charge in [0.2, 0.25) is 0 Å². The Morgan fingerprint density at radius 1 is 1.08 bits per heavy atom. The van der Waals surface area contributed by atoms with Crippen LogP contribution in [-0.2, 0) is 30.0 Å². The van der Waals surface area contributed by atoms with Crippen LogP contribution in [0.5, 0.6) is 0 Å². The monoisotopic (exact) mass is 357 g/mol. The maximum absolute atomic E-state index is 12.2. The molecule has 2 heterocycles. The van der Waals surface area contributed by atoms with E-state index in [1.165, 1.54) is 0 Å². The highest BCUT2D eigenvalue weighted by Crippen LogP contribution is 2.45. The van der Waals surface area contributed by atoms with Crippen molar-refractivity contribution in [2.75, 3.05) is 13.2 Å². The van der Waals surface area contributed by atoms with Gasteiger partial charge < -0.3 is 14.7 Å². The fraction of sp³-hybridized carbons (Fsp3) is 0.222. The van der Waals surface area contributed by atoms with Gasteiger partial charge in [-0.05, 0) is 12.1 Å². The summed E-state index contributed by atoms with van der Waals surface area (Å²) in [5.41, 5.74) is 0.905. The Balaban J connectivity index is 1.56. The summed E-state index contributed by atoms with van der Waals surface area (Å²) in [5.74, 6) is -3.91. The molecule has 8 heteroatoms. The van der Waals surface area contributed by atoms with E-state index in [4.69, 9.17) is 24.0 Å². The molecule has 2 fully saturated rings. The van der Waals surface area contributed by atoms with Crippen LogP contribution in [0.2, 0.25) is 0 Å². The van der Waals surface area contributed by atoms with Gasteiger partial charge in [-0.1, -0.05) is 53.7 Å². The van der Waals surface area contributed by atoms with Gasteiger partial charge in [-0.15, -0.1) is 0 Å². The van der Waals surface area contributed by atoms with E-state index in [1.807, 2.05) is 6.07 Å². The molecule has 0 unspecified atom stereocenters. The van der Waals surface area contributed by atoms with Crippen molar-refractivity contribution < 1.29 is 34.0 Å². The second kappa shape index (κ2) is 6.50. The molecule has 134 valence electrons. The first-order valence-electron chi connectivity index (χ1n) is 7.87. The number of hydrogen-bond donors (Lipinski definition) is 1. The number of fused-ring (bicyclic) bond motifs is 2. The number of carbonyl (C=O) groups excluding carboxylic acids is 1. The van der Waals surface area contributed by atoms with Gasteiger partial charge in [0.05, 0.1) is 5.56 Å². The largest absolute Gasteiger partial charge is 0.456 e. The number of hydrogen-bond acceptors (Lipinski definition) is 8. The molecule has 2 aliphatic heterocycles. The van der Waals surface area contributed by atoms with Crippen molar-refractivity contribution in [1.82, 2.24) is 0 Å². The summed E-state index contributed by atoms with van der Waals surface area (Å²) in [6.45, 7) is -0.508. The Morgan fingerprint density at radius 2 is 1.77 bits per heavy atom. The molecule has 2 bridgehead atoms. The molecule has 0 amide bonds. The Bertz CT molecular complexity index is 826. The van der Waals surface area contributed by atoms with Crippen molar-refractivity contribution in [3.05, 3.63) is 71.8 Å². The topological polar surface area (TPSA) is 95.8 Å². The standard InChI is InChI=1S/C18H15NO7/c20-16(13-7-3-1-4-8-13)22-12-17-15(19-21)11-23-18(24-17,26-25-17)14-9-5-2-6-10-14/h1-10,21H,11-12H2/b19-15+/t17-,18+/m1/s1. The Labute approximate surface area is 148 Å². The van der Waals surface area contributed by atoms with Crippen LogP contribution in [0.3, 0.4) is 0 Å². The minimum Gasteiger partial charge on any atom is -0.456 e. The van der Waals surface area contributed by atoms with Crippen LogP contribution in [0.15, 0.2) is 65.8 Å². The minimum atomic E-state index is -1.70. The lowest BCUT2D eigenvalue weighted by Gasteiger charge is -2.34. The first kappa shape index (κ1) is 16.7. The SMILES string of the molecule is O=C(OC[C@@]12OO[C@@](c3ccccc3)(OC/C1=N\O)O2)c1ccccc1. The van der Waals surface area contributed by atoms with Gasteiger partial charge in [0.25, 0.3) is 5.79 Å². The zero-order chi connectivity index (χ0) is 18.0. The Morgan fingerprint density at radius 3 is 2.46 bits per heavy atom. The molecule has 1 N–H and O–H groups in total. The van der Waals surface area contributed by atoms with E-state index in [2.05, 4.69) is 5.16 Å². The second-order valence-electron chi connectivity index (χ2n) is 5.72. The summed E-state index contributed by atoms with van der Waals surface area (Å²) < 4.78 is 16.7. The van der Waals surface area contributed by atoms with Gasteiger partial charge in [0.15, 0.2) is 6.61 Å². The quantitative estimate of drug-likeness (QED) is 0.388. The van der Waals surface area contributed by atoms with E-state index in [1.54, 1.807) is 54.6 Å². The van der Waals surface area contributed by atoms with Crippen LogP contribution in [0.1, 0.15) is 15.9 Å². The number of esters is 1. The predicted molar refractivity (Wildman–Crippen MR) is 86.0 cm³/mol. The molecule has 0 saturated carbocycles. The van der Waals surface area contributed by atoms with Crippen molar-refractivity contribution in [3.63, 3.8) is 0 Å². The van der Waals surface area contributed by atoms with E-state index >= 15 is 0 Å². The number of benzene rings is 2. The van der Waals surface area contributed by atoms with Gasteiger partial charge in [0.1, 0.15) is 12.3 Å². The summed E-state index contributed by atoms with van der Waals surface area (Å²) in [7, 11) is 0. The average molecular weight is 357 g/mol. The smallest absolute Gasteiger partial charge is 0.343 e. The molecule has 2 saturated heterocycles. The summed E-state index contributed by atoms with van der Waals surface area (Å²) in [5, 5.41) is 12.4. The highest BCUT2D eigenvalue weighted by Gasteiger charge is 2.63. The van der Waals surface area contributed by atoms with Crippen molar-refractivity contribution in [2.45, 2.75) is 11.8 Å². The van der Waals surface area contributed by atoms with E-state index in [-0.39, 0.29) is 18.9 Å². The highest BCUT2D eigenvalue weighted by atomic mass is 17.3. The number of nitrogens with zero attached hydrogens (tertiary/aromatic N) is 1. The Kier molecular flexibility index (Phi) is 4.17. The fourth-order valence-corrected chi connectivity index (χ4v) is 2.70. The van der Waals surface area contributed by atoms with E-state index in [0.717, 1.165) is 0 Å². The van der Waals surface area contributed by atoms with Gasteiger partial charge in [-0.3, -0.25) is 4.74 Å². The van der Waals surface area contributed by atoms with Crippen LogP contribution in [0.4, 0.5) is 0 Å². The molecular formula is C18H15NO7. The van der Waals surface area contributed by atoms with Gasteiger partial charge in [0, 0.05) is 5.56 Å². The van der Waals surface area contributed by atoms with E-state index in [9.17, 15) is 10.0 Å². The van der Waals surface area contributed by atoms with Crippen molar-refractivity contribution in [3.8, 4) is 0 Å². The van der Waals surface area contributed by atoms with E-state index in [0.29, 0.717) is 11.1 Å². The maximum atomic E-state index is 12.2. The van der Waals surface area contributed by atoms with Gasteiger partial charge >= 0.3 is 11.9 Å². The number of rotatable bonds is 4. The second-order valence-corrected chi connectivity index (χ2v) is 5.72. The first-order valence-corrected chi connectivity index (χ1v) is 7.87. The molecule has 2 aromatic carbocycles. The summed E-state index contributed by atoms with van der Waals surface area (Å²) in [6.07, 6.45) is 0. The van der Waals surface area contributed by atoms with Crippen LogP contribution >= 0.6 is 0 Å². The third kappa shape index (κ3) is 2.74. The third-order valence-electron chi connectivity index (χ3n) is 4.07. The summed E-state index contributed by atoms with van der Waals surface area (Å²) in [6, 6.07) is 17.3. The Hall–Kier alpha value is -2.78. The molecule has 2 aromatic rings. The molecule has 0 aromatic heterocycles. The molecule has 2 atom stereocenters. The highest BCUT2D eigenvalue weighted by molar-refractivity contribution is 5.94. The molecule has 26 heavy (non-hydrogen) atoms. The third-order valence-corrected chi connectivity index (χ3v) is 4.07. The van der Waals surface area contributed by atoms with Crippen molar-refractivity contribution >= 4 is 11.7 Å². The van der Waals surface area contributed by atoms with E-state index < -0.39 is 17.7 Å². The first-order chi connectivity index (χ1) is 12.7. The zero-order valence-corrected chi connectivity index (χ0v) is 13.5.